The summed E-state index contributed by atoms with van der Waals surface area (Å²) in [5, 5.41) is 0. The van der Waals surface area contributed by atoms with Crippen LogP contribution in [0.4, 0.5) is 4.39 Å². The summed E-state index contributed by atoms with van der Waals surface area (Å²) in [5.74, 6) is 3.64. The van der Waals surface area contributed by atoms with E-state index in [4.69, 9.17) is 4.74 Å². The number of unbranched alkanes of at least 4 members (excludes halogenated alkanes) is 1. The minimum Gasteiger partial charge on any atom is -0.490 e. The molecule has 4 rings (SSSR count). The molecule has 0 saturated heterocycles. The number of halogens is 1. The van der Waals surface area contributed by atoms with Crippen LogP contribution in [0.25, 0.3) is 0 Å². The third-order valence-corrected chi connectivity index (χ3v) is 7.49. The van der Waals surface area contributed by atoms with E-state index in [-0.39, 0.29) is 70.1 Å². The molecule has 0 amide bonds. The van der Waals surface area contributed by atoms with E-state index in [1.807, 2.05) is 6.07 Å². The van der Waals surface area contributed by atoms with Gasteiger partial charge in [0.1, 0.15) is 11.6 Å². The maximum atomic E-state index is 13.4. The van der Waals surface area contributed by atoms with Gasteiger partial charge in [0.25, 0.3) is 0 Å². The second-order valence-corrected chi connectivity index (χ2v) is 9.30. The van der Waals surface area contributed by atoms with Gasteiger partial charge in [0.15, 0.2) is 0 Å². The number of fused-ring (bicyclic) bond motifs is 1. The second-order valence-electron chi connectivity index (χ2n) is 9.30. The molecule has 1 aliphatic heterocycles. The fraction of sp³-hybridized carbons (Fsp3) is 0.720. The summed E-state index contributed by atoms with van der Waals surface area (Å²) in [4.78, 5) is 0. The van der Waals surface area contributed by atoms with Crippen LogP contribution < -0.4 is 62.9 Å². The number of benzene rings is 1. The Hall–Kier alpha value is 0.755. The van der Waals surface area contributed by atoms with Crippen LogP contribution in [-0.2, 0) is 6.42 Å². The first-order valence-electron chi connectivity index (χ1n) is 11.5. The molecule has 3 heteroatoms. The molecule has 0 radical (unpaired) electrons. The van der Waals surface area contributed by atoms with Gasteiger partial charge in [-0.3, -0.25) is 0 Å². The predicted octanol–water partition coefficient (Wildman–Crippen LogP) is 4.28. The Morgan fingerprint density at radius 3 is 2.39 bits per heavy atom. The van der Waals surface area contributed by atoms with Crippen molar-refractivity contribution < 1.29 is 67.3 Å². The van der Waals surface area contributed by atoms with Gasteiger partial charge < -0.3 is 11.2 Å². The molecule has 0 spiro atoms. The third kappa shape index (κ3) is 6.63. The van der Waals surface area contributed by atoms with Crippen LogP contribution in [0, 0.1) is 30.0 Å². The molecule has 0 bridgehead atoms. The number of rotatable bonds is 6. The summed E-state index contributed by atoms with van der Waals surface area (Å²) in [6.07, 6.45) is 21.6. The first-order chi connectivity index (χ1) is 13.3. The predicted molar refractivity (Wildman–Crippen MR) is 109 cm³/mol. The van der Waals surface area contributed by atoms with Gasteiger partial charge in [0, 0.05) is 6.07 Å². The molecular formula is C25H36FORb. The maximum absolute atomic E-state index is 13.4. The van der Waals surface area contributed by atoms with E-state index in [9.17, 15) is 4.39 Å². The van der Waals surface area contributed by atoms with Crippen LogP contribution in [0.5, 0.6) is 5.75 Å². The molecular weight excluding hydrogens is 421 g/mol. The number of hydrogen-bond donors (Lipinski definition) is 0. The minimum absolute atomic E-state index is 0. The van der Waals surface area contributed by atoms with Gasteiger partial charge >= 0.3 is 58.2 Å². The van der Waals surface area contributed by atoms with Crippen molar-refractivity contribution in [1.29, 1.82) is 0 Å². The van der Waals surface area contributed by atoms with Gasteiger partial charge in [-0.15, -0.1) is 0 Å². The van der Waals surface area contributed by atoms with Crippen molar-refractivity contribution in [1.82, 2.24) is 0 Å². The van der Waals surface area contributed by atoms with Gasteiger partial charge in [0.2, 0.25) is 0 Å². The van der Waals surface area contributed by atoms with E-state index in [0.29, 0.717) is 0 Å². The van der Waals surface area contributed by atoms with Crippen molar-refractivity contribution in [2.24, 2.45) is 17.8 Å². The summed E-state index contributed by atoms with van der Waals surface area (Å²) in [7, 11) is 0. The molecule has 28 heavy (non-hydrogen) atoms. The number of ether oxygens (including phenoxy) is 1. The van der Waals surface area contributed by atoms with E-state index in [2.05, 4.69) is 6.42 Å². The molecule has 1 nitrogen and oxygen atoms in total. The monoisotopic (exact) mass is 456 g/mol. The summed E-state index contributed by atoms with van der Waals surface area (Å²) in [5.41, 5.74) is 1.17. The van der Waals surface area contributed by atoms with Crippen LogP contribution in [0.3, 0.4) is 0 Å². The van der Waals surface area contributed by atoms with Crippen LogP contribution in [0.2, 0.25) is 0 Å². The van der Waals surface area contributed by atoms with Gasteiger partial charge in [-0.2, -0.15) is 12.8 Å². The van der Waals surface area contributed by atoms with Crippen molar-refractivity contribution >= 4 is 0 Å². The maximum Gasteiger partial charge on any atom is 1.00 e. The average molecular weight is 457 g/mol. The van der Waals surface area contributed by atoms with E-state index < -0.39 is 0 Å². The first-order valence-corrected chi connectivity index (χ1v) is 11.5. The normalized spacial score (nSPS) is 28.1. The molecule has 2 fully saturated rings. The summed E-state index contributed by atoms with van der Waals surface area (Å²) >= 11 is 0. The van der Waals surface area contributed by atoms with E-state index in [1.165, 1.54) is 76.2 Å². The Balaban J connectivity index is 0.00000225. The molecule has 1 unspecified atom stereocenters. The van der Waals surface area contributed by atoms with Gasteiger partial charge in [-0.25, -0.2) is 4.39 Å². The zero-order valence-corrected chi connectivity index (χ0v) is 22.7. The van der Waals surface area contributed by atoms with E-state index in [1.54, 1.807) is 12.1 Å². The standard InChI is InChI=1S/C25H36FO.Rb/c26-23-16-14-22-15-17-24(27-25(22)18-23)9-5-4-6-19-10-12-21(13-11-19)20-7-2-1-3-8-20;/h1,14,16,18-21,24H,2-13,15,17H2;/q-1;+1. The second kappa shape index (κ2) is 12.0. The minimum atomic E-state index is -0.184. The van der Waals surface area contributed by atoms with Crippen LogP contribution in [0.15, 0.2) is 18.2 Å². The van der Waals surface area contributed by atoms with Crippen molar-refractivity contribution in [3.63, 3.8) is 0 Å². The summed E-state index contributed by atoms with van der Waals surface area (Å²) in [6.45, 7) is 0. The van der Waals surface area contributed by atoms with Crippen LogP contribution in [0.1, 0.15) is 89.0 Å². The molecule has 0 N–H and O–H groups in total. The average Bonchev–Trinajstić information content (AvgIpc) is 2.72. The summed E-state index contributed by atoms with van der Waals surface area (Å²) < 4.78 is 19.4. The molecule has 2 saturated carbocycles. The topological polar surface area (TPSA) is 9.23 Å². The zero-order chi connectivity index (χ0) is 18.5. The molecule has 1 heterocycles. The Bertz CT molecular complexity index is 590. The Morgan fingerprint density at radius 1 is 0.893 bits per heavy atom. The largest absolute Gasteiger partial charge is 1.00 e. The molecule has 1 aromatic rings. The number of hydrogen-bond acceptors (Lipinski definition) is 1. The first kappa shape index (κ1) is 23.4. The molecule has 1 atom stereocenters. The zero-order valence-electron chi connectivity index (χ0n) is 17.8. The van der Waals surface area contributed by atoms with Crippen molar-refractivity contribution in [3.8, 4) is 5.75 Å². The third-order valence-electron chi connectivity index (χ3n) is 7.49. The van der Waals surface area contributed by atoms with Crippen molar-refractivity contribution in [3.05, 3.63) is 36.0 Å². The Kier molecular flexibility index (Phi) is 10.0. The molecule has 2 aliphatic carbocycles. The molecule has 150 valence electrons. The number of aryl methyl sites for hydroxylation is 1. The van der Waals surface area contributed by atoms with E-state index in [0.717, 1.165) is 42.8 Å². The van der Waals surface area contributed by atoms with Gasteiger partial charge in [-0.05, 0) is 67.9 Å². The van der Waals surface area contributed by atoms with Crippen molar-refractivity contribution in [2.75, 3.05) is 0 Å². The molecule has 0 aromatic heterocycles. The van der Waals surface area contributed by atoms with Gasteiger partial charge in [0.05, 0.1) is 6.10 Å². The molecule has 3 aliphatic rings. The van der Waals surface area contributed by atoms with E-state index >= 15 is 0 Å². The quantitative estimate of drug-likeness (QED) is 0.458. The fourth-order valence-electron chi connectivity index (χ4n) is 5.78. The Morgan fingerprint density at radius 2 is 1.61 bits per heavy atom. The molecule has 1 aromatic carbocycles. The SMILES string of the molecule is Fc1ccc2c(c1)OC(CCCCC1CCC(C3CC[CH-]CC3)CC1)CC2.[Rb+]. The Labute approximate surface area is 220 Å². The van der Waals surface area contributed by atoms with Crippen molar-refractivity contribution in [2.45, 2.75) is 96.0 Å². The summed E-state index contributed by atoms with van der Waals surface area (Å²) in [6, 6.07) is 4.98. The van der Waals surface area contributed by atoms with Crippen LogP contribution in [-0.4, -0.2) is 6.10 Å². The van der Waals surface area contributed by atoms with Crippen LogP contribution >= 0.6 is 0 Å². The van der Waals surface area contributed by atoms with Gasteiger partial charge in [-0.1, -0.05) is 44.6 Å². The fourth-order valence-corrected chi connectivity index (χ4v) is 5.78. The smallest absolute Gasteiger partial charge is 0.490 e.